The molecule has 4 unspecified atom stereocenters. The number of nitrogens with zero attached hydrogens (tertiary/aromatic N) is 8. The van der Waals surface area contributed by atoms with Gasteiger partial charge in [0.2, 0.25) is 42.5 Å². The third kappa shape index (κ3) is 25.5. The number of methoxy groups -OCH3 is 1. The molecule has 4 atom stereocenters. The van der Waals surface area contributed by atoms with Gasteiger partial charge in [-0.25, -0.2) is 35.9 Å². The lowest BCUT2D eigenvalue weighted by Gasteiger charge is -2.21. The van der Waals surface area contributed by atoms with Gasteiger partial charge in [-0.1, -0.05) is 305 Å². The van der Waals surface area contributed by atoms with Crippen LogP contribution in [-0.4, -0.2) is 112 Å². The van der Waals surface area contributed by atoms with E-state index in [0.717, 1.165) is 88.6 Å². The fourth-order valence-corrected chi connectivity index (χ4v) is 19.0. The predicted octanol–water partition coefficient (Wildman–Crippen LogP) is 19.1. The molecule has 0 saturated heterocycles. The van der Waals surface area contributed by atoms with Gasteiger partial charge in [0, 0.05) is 26.2 Å². The van der Waals surface area contributed by atoms with Crippen molar-refractivity contribution in [3.63, 3.8) is 0 Å². The normalized spacial score (nSPS) is 12.3. The van der Waals surface area contributed by atoms with E-state index in [1.54, 1.807) is 37.3 Å². The van der Waals surface area contributed by atoms with E-state index in [0.29, 0.717) is 94.0 Å². The lowest BCUT2D eigenvalue weighted by molar-refractivity contribution is 0.150. The zero-order valence-electron chi connectivity index (χ0n) is 80.3. The maximum Gasteiger partial charge on any atom is 0.407 e. The molecule has 2 amide bonds. The molecule has 4 aromatic heterocycles. The van der Waals surface area contributed by atoms with Crippen LogP contribution in [0.15, 0.2) is 326 Å². The van der Waals surface area contributed by atoms with Gasteiger partial charge in [-0.05, 0) is 193 Å². The van der Waals surface area contributed by atoms with E-state index in [1.165, 1.54) is 57.9 Å². The summed E-state index contributed by atoms with van der Waals surface area (Å²) < 4.78 is 81.5. The summed E-state index contributed by atoms with van der Waals surface area (Å²) in [7, 11) is -5.71. The maximum atomic E-state index is 13.1. The Bertz CT molecular complexity index is 7530. The van der Waals surface area contributed by atoms with Crippen molar-refractivity contribution >= 4 is 76.4 Å². The van der Waals surface area contributed by atoms with Gasteiger partial charge in [0.1, 0.15) is 0 Å². The second-order valence-electron chi connectivity index (χ2n) is 35.6. The van der Waals surface area contributed by atoms with Crippen LogP contribution in [0.25, 0.3) is 44.1 Å². The summed E-state index contributed by atoms with van der Waals surface area (Å²) in [5.74, 6) is 0. The quantitative estimate of drug-likeness (QED) is 0.0200. The number of benzene rings is 13. The highest BCUT2D eigenvalue weighted by Crippen LogP contribution is 2.29. The molecule has 24 nitrogen and oxygen atoms in total. The molecule has 17 aromatic rings. The van der Waals surface area contributed by atoms with Crippen molar-refractivity contribution in [2.75, 3.05) is 46.2 Å². The monoisotopic (exact) mass is 1880 g/mol. The molecule has 0 spiro atoms. The van der Waals surface area contributed by atoms with Crippen molar-refractivity contribution in [2.24, 2.45) is 0 Å². The SMILES string of the molecule is CCOC(=O)NCC(Cc1ccc(C)cc1)n1c(=N)n(Cc2ccc(C)cc2)c2ccccc21.COC(=O)NCC(Cc1ccc(C)cc1)n1c(=N)n(Cc2ccc(C)cc2)c2ccccc21.Cc1ccc(CC(CNS(=O)(=O)c2ccccc2)n2c(=N)n(Cc3ccc(C)cc3)c3ccccc32)cc1.Cc1ccc(CC(CNS(C)(=O)=O)n2c(=N)n(Cc3ccc(C)cc3)c3ccccc32)cc1. The van der Waals surface area contributed by atoms with Crippen molar-refractivity contribution in [3.05, 3.63) is 433 Å². The molecule has 13 aromatic carbocycles. The van der Waals surface area contributed by atoms with Crippen LogP contribution in [0.5, 0.6) is 0 Å². The first kappa shape index (κ1) is 99.3. The summed E-state index contributed by atoms with van der Waals surface area (Å²) in [5, 5.41) is 42.3. The first-order valence-corrected chi connectivity index (χ1v) is 50.0. The molecule has 8 N–H and O–H groups in total. The Morgan fingerprint density at radius 2 is 0.507 bits per heavy atom. The van der Waals surface area contributed by atoms with Gasteiger partial charge in [-0.2, -0.15) is 0 Å². The number of hydrogen-bond donors (Lipinski definition) is 8. The predicted molar refractivity (Wildman–Crippen MR) is 550 cm³/mol. The Morgan fingerprint density at radius 1 is 0.290 bits per heavy atom. The van der Waals surface area contributed by atoms with Crippen molar-refractivity contribution in [1.29, 1.82) is 21.6 Å². The largest absolute Gasteiger partial charge is 0.453 e. The van der Waals surface area contributed by atoms with Gasteiger partial charge in [-0.3, -0.25) is 21.6 Å². The number of aromatic nitrogens is 8. The number of carbonyl (C=O) groups excluding carboxylic acids is 2. The molecule has 0 radical (unpaired) electrons. The topological polar surface area (TPSA) is 304 Å². The van der Waals surface area contributed by atoms with Crippen molar-refractivity contribution in [1.82, 2.24) is 56.6 Å². The minimum absolute atomic E-state index is 0.149. The zero-order chi connectivity index (χ0) is 97.7. The molecule has 0 saturated carbocycles. The molecule has 26 heteroatoms. The number of rotatable bonds is 32. The summed E-state index contributed by atoms with van der Waals surface area (Å²) >= 11 is 0. The number of amides is 2. The molecular formula is C112H124N16O8S2. The van der Waals surface area contributed by atoms with E-state index in [9.17, 15) is 31.8 Å². The first-order chi connectivity index (χ1) is 66.4. The Hall–Kier alpha value is -14.7. The Balaban J connectivity index is 0.000000147. The molecule has 0 aliphatic rings. The van der Waals surface area contributed by atoms with Gasteiger partial charge < -0.3 is 56.6 Å². The minimum Gasteiger partial charge on any atom is -0.453 e. The molecular weight excluding hydrogens is 1760 g/mol. The van der Waals surface area contributed by atoms with Gasteiger partial charge in [-0.15, -0.1) is 0 Å². The molecule has 0 fully saturated rings. The fourth-order valence-electron chi connectivity index (χ4n) is 17.4. The Kier molecular flexibility index (Phi) is 32.9. The van der Waals surface area contributed by atoms with Crippen LogP contribution in [0, 0.1) is 77.0 Å². The summed E-state index contributed by atoms with van der Waals surface area (Å²) in [5.41, 5.74) is 27.7. The van der Waals surface area contributed by atoms with Crippen LogP contribution in [0.4, 0.5) is 9.59 Å². The van der Waals surface area contributed by atoms with Gasteiger partial charge in [0.15, 0.2) is 0 Å². The number of fused-ring (bicyclic) bond motifs is 4. The number of nitrogens with one attached hydrogen (secondary N) is 8. The van der Waals surface area contributed by atoms with Crippen LogP contribution < -0.4 is 42.6 Å². The molecule has 138 heavy (non-hydrogen) atoms. The highest BCUT2D eigenvalue weighted by atomic mass is 32.2. The molecule has 17 rings (SSSR count). The van der Waals surface area contributed by atoms with Gasteiger partial charge >= 0.3 is 12.2 Å². The van der Waals surface area contributed by atoms with Gasteiger partial charge in [0.05, 0.1) is 119 Å². The Labute approximate surface area is 807 Å². The first-order valence-electron chi connectivity index (χ1n) is 46.6. The standard InChI is InChI=1S/C31H32N4O2S.C28H32N4O2.C27H30N4O2.C26H30N4O2S/c1-23-12-16-25(17-13-23)20-27(21-33-38(36,37)28-8-4-3-5-9-28)35-30-11-7-6-10-29(30)34(31(35)32)22-26-18-14-24(2)15-19-26;1-4-34-28(33)30-18-24(17-22-13-9-20(2)10-14-22)32-26-8-6-5-7-25(26)31(27(32)29)19-23-15-11-21(3)12-16-23;1-19-8-12-21(13-9-19)16-23(17-29-27(32)33-3)31-25-7-5-4-6-24(25)30(26(31)28)18-22-14-10-20(2)11-15-22;1-19-8-12-21(13-9-19)16-23(17-28-33(3,31)32)30-25-7-5-4-6-24(25)29(26(30)27)18-22-14-10-20(2)11-15-22/h3-19,27,32-33H,20-22H2,1-2H3;5-16,24,29H,4,17-19H2,1-3H3,(H,30,33);4-15,23,28H,16-18H2,1-3H3,(H,29,32);4-15,23,27-28H,16-18H2,1-3H3. The number of para-hydroxylation sites is 8. The molecule has 712 valence electrons. The van der Waals surface area contributed by atoms with Crippen LogP contribution >= 0.6 is 0 Å². The third-order valence-corrected chi connectivity index (χ3v) is 27.0. The van der Waals surface area contributed by atoms with Crippen molar-refractivity contribution in [2.45, 2.75) is 143 Å². The number of aryl methyl sites for hydroxylation is 8. The Morgan fingerprint density at radius 3 is 0.746 bits per heavy atom. The highest BCUT2D eigenvalue weighted by molar-refractivity contribution is 7.89. The summed E-state index contributed by atoms with van der Waals surface area (Å²) in [6, 6.07) is 106. The van der Waals surface area contributed by atoms with E-state index in [4.69, 9.17) is 25.7 Å². The summed E-state index contributed by atoms with van der Waals surface area (Å²) in [6.45, 7) is 22.0. The second kappa shape index (κ2) is 45.8. The maximum absolute atomic E-state index is 13.1. The lowest BCUT2D eigenvalue weighted by atomic mass is 10.0. The van der Waals surface area contributed by atoms with E-state index in [2.05, 4.69) is 268 Å². The summed E-state index contributed by atoms with van der Waals surface area (Å²) in [4.78, 5) is 24.2. The second-order valence-corrected chi connectivity index (χ2v) is 39.2. The van der Waals surface area contributed by atoms with Crippen LogP contribution in [0.2, 0.25) is 0 Å². The average Bonchev–Trinajstić information content (AvgIpc) is 1.63. The van der Waals surface area contributed by atoms with Gasteiger partial charge in [0.25, 0.3) is 0 Å². The van der Waals surface area contributed by atoms with Crippen LogP contribution in [0.3, 0.4) is 0 Å². The molecule has 0 aliphatic heterocycles. The van der Waals surface area contributed by atoms with Crippen molar-refractivity contribution < 1.29 is 35.9 Å². The average molecular weight is 1890 g/mol. The number of hydrogen-bond acceptors (Lipinski definition) is 12. The fraction of sp³-hybridized carbons (Fsp3) is 0.250. The number of sulfonamides is 2. The van der Waals surface area contributed by atoms with Crippen LogP contribution in [0.1, 0.15) is 120 Å². The smallest absolute Gasteiger partial charge is 0.407 e. The third-order valence-electron chi connectivity index (χ3n) is 24.9. The van der Waals surface area contributed by atoms with E-state index in [-0.39, 0.29) is 42.2 Å². The van der Waals surface area contributed by atoms with E-state index >= 15 is 0 Å². The molecule has 0 bridgehead atoms. The molecule has 4 heterocycles. The number of ether oxygens (including phenoxy) is 2. The number of imidazole rings is 4. The van der Waals surface area contributed by atoms with Crippen molar-refractivity contribution in [3.8, 4) is 0 Å². The van der Waals surface area contributed by atoms with E-state index in [1.807, 2.05) is 135 Å². The summed E-state index contributed by atoms with van der Waals surface area (Å²) in [6.07, 6.45) is 2.81. The van der Waals surface area contributed by atoms with E-state index < -0.39 is 32.2 Å². The van der Waals surface area contributed by atoms with Crippen LogP contribution in [-0.2, 0) is 81.4 Å². The minimum atomic E-state index is -3.71. The molecule has 0 aliphatic carbocycles. The zero-order valence-corrected chi connectivity index (χ0v) is 81.9. The lowest BCUT2D eigenvalue weighted by Crippen LogP contribution is -2.37. The number of alkyl carbamates (subject to hydrolysis) is 2. The highest BCUT2D eigenvalue weighted by Gasteiger charge is 2.28. The number of carbonyl (C=O) groups is 2.